The van der Waals surface area contributed by atoms with Crippen molar-refractivity contribution in [3.8, 4) is 0 Å². The van der Waals surface area contributed by atoms with E-state index >= 15 is 0 Å². The first-order chi connectivity index (χ1) is 6.25. The first kappa shape index (κ1) is 10.3. The van der Waals surface area contributed by atoms with Gasteiger partial charge < -0.3 is 15.0 Å². The molecule has 0 aliphatic carbocycles. The third kappa shape index (κ3) is 2.88. The van der Waals surface area contributed by atoms with Crippen molar-refractivity contribution in [2.45, 2.75) is 25.8 Å². The van der Waals surface area contributed by atoms with E-state index in [0.717, 1.165) is 25.9 Å². The zero-order chi connectivity index (χ0) is 9.68. The van der Waals surface area contributed by atoms with Crippen LogP contribution in [0, 0.1) is 0 Å². The van der Waals surface area contributed by atoms with E-state index in [4.69, 9.17) is 4.74 Å². The molecule has 0 radical (unpaired) electrons. The summed E-state index contributed by atoms with van der Waals surface area (Å²) >= 11 is 0. The molecule has 1 aliphatic rings. The van der Waals surface area contributed by atoms with Crippen LogP contribution in [0.15, 0.2) is 0 Å². The maximum absolute atomic E-state index is 11.3. The minimum Gasteiger partial charge on any atom is -0.450 e. The molecule has 1 saturated heterocycles. The fraction of sp³-hybridized carbons (Fsp3) is 0.889. The second-order valence-corrected chi connectivity index (χ2v) is 3.29. The van der Waals surface area contributed by atoms with Crippen LogP contribution >= 0.6 is 0 Å². The normalized spacial score (nSPS) is 18.3. The predicted molar refractivity (Wildman–Crippen MR) is 50.7 cm³/mol. The molecule has 4 heteroatoms. The van der Waals surface area contributed by atoms with Crippen molar-refractivity contribution in [3.63, 3.8) is 0 Å². The summed E-state index contributed by atoms with van der Waals surface area (Å²) in [5, 5.41) is 3.26. The smallest absolute Gasteiger partial charge is 0.409 e. The zero-order valence-electron chi connectivity index (χ0n) is 8.38. The van der Waals surface area contributed by atoms with Crippen molar-refractivity contribution in [2.75, 3.05) is 26.7 Å². The molecular weight excluding hydrogens is 168 g/mol. The molecule has 1 fully saturated rings. The zero-order valence-corrected chi connectivity index (χ0v) is 8.38. The number of hydrogen-bond acceptors (Lipinski definition) is 3. The number of carbonyl (C=O) groups excluding carboxylic acids is 1. The van der Waals surface area contributed by atoms with Gasteiger partial charge in [0.05, 0.1) is 6.61 Å². The standard InChI is InChI=1S/C9H18N2O2/c1-3-13-9(12)11(2)8-4-6-10-7-5-8/h8,10H,3-7H2,1-2H3. The Bertz CT molecular complexity index is 167. The Balaban J connectivity index is 2.35. The highest BCUT2D eigenvalue weighted by molar-refractivity contribution is 5.67. The van der Waals surface area contributed by atoms with E-state index < -0.39 is 0 Å². The van der Waals surface area contributed by atoms with E-state index in [-0.39, 0.29) is 6.09 Å². The summed E-state index contributed by atoms with van der Waals surface area (Å²) in [4.78, 5) is 13.0. The first-order valence-corrected chi connectivity index (χ1v) is 4.86. The SMILES string of the molecule is CCOC(=O)N(C)C1CCNCC1. The third-order valence-electron chi connectivity index (χ3n) is 2.41. The van der Waals surface area contributed by atoms with Crippen LogP contribution in [0.5, 0.6) is 0 Å². The number of amides is 1. The Kier molecular flexibility index (Phi) is 4.02. The molecule has 1 amide bonds. The molecule has 1 aliphatic heterocycles. The summed E-state index contributed by atoms with van der Waals surface area (Å²) < 4.78 is 4.92. The highest BCUT2D eigenvalue weighted by atomic mass is 16.6. The van der Waals surface area contributed by atoms with E-state index in [1.165, 1.54) is 0 Å². The summed E-state index contributed by atoms with van der Waals surface area (Å²) in [6.07, 6.45) is 1.85. The van der Waals surface area contributed by atoms with E-state index in [9.17, 15) is 4.79 Å². The Morgan fingerprint density at radius 3 is 2.69 bits per heavy atom. The van der Waals surface area contributed by atoms with Crippen LogP contribution in [-0.2, 0) is 4.74 Å². The van der Waals surface area contributed by atoms with Gasteiger partial charge in [0.1, 0.15) is 0 Å². The lowest BCUT2D eigenvalue weighted by Gasteiger charge is -2.30. The van der Waals surface area contributed by atoms with Crippen LogP contribution in [0.1, 0.15) is 19.8 Å². The molecule has 1 heterocycles. The second kappa shape index (κ2) is 5.07. The summed E-state index contributed by atoms with van der Waals surface area (Å²) in [7, 11) is 1.81. The summed E-state index contributed by atoms with van der Waals surface area (Å²) in [6.45, 7) is 4.27. The maximum Gasteiger partial charge on any atom is 0.409 e. The van der Waals surface area contributed by atoms with Crippen molar-refractivity contribution in [2.24, 2.45) is 0 Å². The summed E-state index contributed by atoms with van der Waals surface area (Å²) in [5.74, 6) is 0. The van der Waals surface area contributed by atoms with Gasteiger partial charge in [0.2, 0.25) is 0 Å². The molecule has 1 N–H and O–H groups in total. The topological polar surface area (TPSA) is 41.6 Å². The van der Waals surface area contributed by atoms with Crippen molar-refractivity contribution in [1.82, 2.24) is 10.2 Å². The molecule has 1 rings (SSSR count). The molecule has 76 valence electrons. The Hall–Kier alpha value is -0.770. The monoisotopic (exact) mass is 186 g/mol. The molecule has 0 atom stereocenters. The number of nitrogens with one attached hydrogen (secondary N) is 1. The van der Waals surface area contributed by atoms with Gasteiger partial charge in [0, 0.05) is 13.1 Å². The Labute approximate surface area is 79.2 Å². The quantitative estimate of drug-likeness (QED) is 0.694. The van der Waals surface area contributed by atoms with Gasteiger partial charge in [-0.3, -0.25) is 0 Å². The number of nitrogens with zero attached hydrogens (tertiary/aromatic N) is 1. The van der Waals surface area contributed by atoms with Crippen LogP contribution in [0.25, 0.3) is 0 Å². The maximum atomic E-state index is 11.3. The van der Waals surface area contributed by atoms with Gasteiger partial charge in [-0.15, -0.1) is 0 Å². The first-order valence-electron chi connectivity index (χ1n) is 4.86. The van der Waals surface area contributed by atoms with E-state index in [1.807, 2.05) is 14.0 Å². The van der Waals surface area contributed by atoms with E-state index in [2.05, 4.69) is 5.32 Å². The number of piperidine rings is 1. The molecule has 0 unspecified atom stereocenters. The highest BCUT2D eigenvalue weighted by Crippen LogP contribution is 2.10. The lowest BCUT2D eigenvalue weighted by Crippen LogP contribution is -2.44. The molecule has 13 heavy (non-hydrogen) atoms. The van der Waals surface area contributed by atoms with Gasteiger partial charge in [-0.1, -0.05) is 0 Å². The molecule has 0 aromatic heterocycles. The average molecular weight is 186 g/mol. The Morgan fingerprint density at radius 2 is 2.15 bits per heavy atom. The molecule has 0 bridgehead atoms. The minimum absolute atomic E-state index is 0.200. The largest absolute Gasteiger partial charge is 0.450 e. The van der Waals surface area contributed by atoms with Crippen LogP contribution < -0.4 is 5.32 Å². The van der Waals surface area contributed by atoms with Crippen molar-refractivity contribution in [3.05, 3.63) is 0 Å². The van der Waals surface area contributed by atoms with Crippen LogP contribution in [0.4, 0.5) is 4.79 Å². The molecule has 4 nitrogen and oxygen atoms in total. The van der Waals surface area contributed by atoms with Crippen LogP contribution in [-0.4, -0.2) is 43.8 Å². The van der Waals surface area contributed by atoms with Gasteiger partial charge in [0.25, 0.3) is 0 Å². The van der Waals surface area contributed by atoms with Crippen LogP contribution in [0.3, 0.4) is 0 Å². The van der Waals surface area contributed by atoms with E-state index in [0.29, 0.717) is 12.6 Å². The van der Waals surface area contributed by atoms with Crippen LogP contribution in [0.2, 0.25) is 0 Å². The average Bonchev–Trinajstić information content (AvgIpc) is 2.18. The van der Waals surface area contributed by atoms with Crippen molar-refractivity contribution in [1.29, 1.82) is 0 Å². The van der Waals surface area contributed by atoms with Gasteiger partial charge in [-0.25, -0.2) is 4.79 Å². The number of ether oxygens (including phenoxy) is 1. The lowest BCUT2D eigenvalue weighted by molar-refractivity contribution is 0.0948. The molecule has 0 saturated carbocycles. The number of carbonyl (C=O) groups is 1. The minimum atomic E-state index is -0.200. The summed E-state index contributed by atoms with van der Waals surface area (Å²) in [5.41, 5.74) is 0. The summed E-state index contributed by atoms with van der Waals surface area (Å²) in [6, 6.07) is 0.347. The van der Waals surface area contributed by atoms with E-state index in [1.54, 1.807) is 4.90 Å². The Morgan fingerprint density at radius 1 is 1.54 bits per heavy atom. The molecule has 0 aromatic carbocycles. The number of rotatable bonds is 2. The van der Waals surface area contributed by atoms with Crippen molar-refractivity contribution >= 4 is 6.09 Å². The molecule has 0 spiro atoms. The van der Waals surface area contributed by atoms with Gasteiger partial charge in [0.15, 0.2) is 0 Å². The molecule has 0 aromatic rings. The van der Waals surface area contributed by atoms with Gasteiger partial charge in [-0.2, -0.15) is 0 Å². The fourth-order valence-electron chi connectivity index (χ4n) is 1.57. The number of hydrogen-bond donors (Lipinski definition) is 1. The molecular formula is C9H18N2O2. The van der Waals surface area contributed by atoms with Gasteiger partial charge in [-0.05, 0) is 32.9 Å². The third-order valence-corrected chi connectivity index (χ3v) is 2.41. The predicted octanol–water partition coefficient (Wildman–Crippen LogP) is 0.827. The highest BCUT2D eigenvalue weighted by Gasteiger charge is 2.22. The second-order valence-electron chi connectivity index (χ2n) is 3.29. The fourth-order valence-corrected chi connectivity index (χ4v) is 1.57. The van der Waals surface area contributed by atoms with Crippen molar-refractivity contribution < 1.29 is 9.53 Å². The lowest BCUT2D eigenvalue weighted by atomic mass is 10.1. The van der Waals surface area contributed by atoms with Gasteiger partial charge >= 0.3 is 6.09 Å².